The molecule has 2 heterocycles. The van der Waals surface area contributed by atoms with Crippen LogP contribution in [0.1, 0.15) is 18.3 Å². The molecule has 0 atom stereocenters. The van der Waals surface area contributed by atoms with Crippen molar-refractivity contribution in [2.45, 2.75) is 19.9 Å². The van der Waals surface area contributed by atoms with Crippen molar-refractivity contribution in [1.82, 2.24) is 14.5 Å². The first-order valence-electron chi connectivity index (χ1n) is 8.05. The maximum Gasteiger partial charge on any atom is 0.152 e. The molecule has 0 unspecified atom stereocenters. The second-order valence-corrected chi connectivity index (χ2v) is 5.92. The third-order valence-electron chi connectivity index (χ3n) is 4.30. The standard InChI is InChI=1S/C19H19N5/c1-2-16-23-17-18(14-8-3-4-9-15(14)22-19(17)21)24(16)11-12-6-5-7-13(20)10-12/h3-10H,2,11,20H2,1H3,(H2,21,22). The number of pyridine rings is 1. The summed E-state index contributed by atoms with van der Waals surface area (Å²) in [5.74, 6) is 1.47. The van der Waals surface area contributed by atoms with Crippen LogP contribution in [-0.4, -0.2) is 14.5 Å². The number of hydrogen-bond acceptors (Lipinski definition) is 4. The van der Waals surface area contributed by atoms with E-state index < -0.39 is 0 Å². The first-order chi connectivity index (χ1) is 11.7. The third-order valence-corrected chi connectivity index (χ3v) is 4.30. The van der Waals surface area contributed by atoms with E-state index in [4.69, 9.17) is 16.5 Å². The molecule has 0 aliphatic carbocycles. The normalized spacial score (nSPS) is 11.4. The number of anilines is 2. The van der Waals surface area contributed by atoms with Crippen LogP contribution in [0.15, 0.2) is 48.5 Å². The molecule has 0 amide bonds. The van der Waals surface area contributed by atoms with Gasteiger partial charge in [-0.25, -0.2) is 9.97 Å². The Kier molecular flexibility index (Phi) is 3.34. The summed E-state index contributed by atoms with van der Waals surface area (Å²) in [5, 5.41) is 1.07. The average Bonchev–Trinajstić information content (AvgIpc) is 2.94. The summed E-state index contributed by atoms with van der Waals surface area (Å²) in [6, 6.07) is 16.0. The SMILES string of the molecule is CCc1nc2c(N)nc3ccccc3c2n1Cc1cccc(N)c1. The number of imidazole rings is 1. The zero-order valence-electron chi connectivity index (χ0n) is 13.5. The fourth-order valence-electron chi connectivity index (χ4n) is 3.22. The van der Waals surface area contributed by atoms with Crippen LogP contribution >= 0.6 is 0 Å². The monoisotopic (exact) mass is 317 g/mol. The highest BCUT2D eigenvalue weighted by Crippen LogP contribution is 2.29. The topological polar surface area (TPSA) is 82.8 Å². The quantitative estimate of drug-likeness (QED) is 0.568. The lowest BCUT2D eigenvalue weighted by atomic mass is 10.1. The lowest BCUT2D eigenvalue weighted by Gasteiger charge is -2.11. The molecule has 0 radical (unpaired) electrons. The predicted octanol–water partition coefficient (Wildman–Crippen LogP) is 3.36. The van der Waals surface area contributed by atoms with Crippen molar-refractivity contribution < 1.29 is 0 Å². The molecule has 4 aromatic rings. The second kappa shape index (κ2) is 5.53. The zero-order chi connectivity index (χ0) is 16.7. The number of hydrogen-bond donors (Lipinski definition) is 2. The smallest absolute Gasteiger partial charge is 0.152 e. The Morgan fingerprint density at radius 2 is 1.83 bits per heavy atom. The molecule has 0 saturated heterocycles. The Morgan fingerprint density at radius 1 is 1.00 bits per heavy atom. The molecular weight excluding hydrogens is 298 g/mol. The van der Waals surface area contributed by atoms with Crippen LogP contribution in [-0.2, 0) is 13.0 Å². The van der Waals surface area contributed by atoms with Crippen LogP contribution in [0, 0.1) is 0 Å². The third kappa shape index (κ3) is 2.25. The highest BCUT2D eigenvalue weighted by molar-refractivity contribution is 6.06. The van der Waals surface area contributed by atoms with E-state index in [9.17, 15) is 0 Å². The Bertz CT molecular complexity index is 1050. The van der Waals surface area contributed by atoms with E-state index >= 15 is 0 Å². The van der Waals surface area contributed by atoms with Gasteiger partial charge in [-0.2, -0.15) is 0 Å². The summed E-state index contributed by atoms with van der Waals surface area (Å²) in [6.45, 7) is 2.81. The molecule has 5 heteroatoms. The number of para-hydroxylation sites is 1. The van der Waals surface area contributed by atoms with E-state index in [-0.39, 0.29) is 0 Å². The van der Waals surface area contributed by atoms with Gasteiger partial charge in [0.25, 0.3) is 0 Å². The van der Waals surface area contributed by atoms with Gasteiger partial charge in [-0.1, -0.05) is 37.3 Å². The molecule has 0 aliphatic heterocycles. The molecule has 120 valence electrons. The largest absolute Gasteiger partial charge is 0.399 e. The van der Waals surface area contributed by atoms with Crippen LogP contribution in [0.4, 0.5) is 11.5 Å². The molecule has 0 aliphatic rings. The van der Waals surface area contributed by atoms with E-state index in [2.05, 4.69) is 28.6 Å². The van der Waals surface area contributed by atoms with E-state index in [1.807, 2.05) is 36.4 Å². The molecule has 2 aromatic carbocycles. The minimum Gasteiger partial charge on any atom is -0.399 e. The summed E-state index contributed by atoms with van der Waals surface area (Å²) in [6.07, 6.45) is 0.824. The van der Waals surface area contributed by atoms with Gasteiger partial charge in [-0.15, -0.1) is 0 Å². The minimum atomic E-state index is 0.477. The highest BCUT2D eigenvalue weighted by atomic mass is 15.1. The predicted molar refractivity (Wildman–Crippen MR) is 98.8 cm³/mol. The van der Waals surface area contributed by atoms with Gasteiger partial charge >= 0.3 is 0 Å². The maximum atomic E-state index is 6.17. The molecule has 0 fully saturated rings. The van der Waals surface area contributed by atoms with Crippen LogP contribution < -0.4 is 11.5 Å². The molecule has 5 nitrogen and oxygen atoms in total. The Hall–Kier alpha value is -3.08. The molecular formula is C19H19N5. The summed E-state index contributed by atoms with van der Waals surface area (Å²) in [7, 11) is 0. The first kappa shape index (κ1) is 14.5. The highest BCUT2D eigenvalue weighted by Gasteiger charge is 2.16. The summed E-state index contributed by atoms with van der Waals surface area (Å²) in [5.41, 5.74) is 16.7. The van der Waals surface area contributed by atoms with Crippen molar-refractivity contribution in [2.24, 2.45) is 0 Å². The van der Waals surface area contributed by atoms with Crippen LogP contribution in [0.3, 0.4) is 0 Å². The van der Waals surface area contributed by atoms with Gasteiger partial charge in [0.2, 0.25) is 0 Å². The fraction of sp³-hybridized carbons (Fsp3) is 0.158. The van der Waals surface area contributed by atoms with Crippen molar-refractivity contribution in [3.63, 3.8) is 0 Å². The molecule has 0 bridgehead atoms. The number of nitrogens with two attached hydrogens (primary N) is 2. The molecule has 0 saturated carbocycles. The van der Waals surface area contributed by atoms with Gasteiger partial charge in [0, 0.05) is 24.0 Å². The van der Waals surface area contributed by atoms with Gasteiger partial charge in [-0.05, 0) is 23.8 Å². The van der Waals surface area contributed by atoms with E-state index in [0.29, 0.717) is 12.4 Å². The Balaban J connectivity index is 2.02. The summed E-state index contributed by atoms with van der Waals surface area (Å²) in [4.78, 5) is 9.24. The number of benzene rings is 2. The van der Waals surface area contributed by atoms with Crippen molar-refractivity contribution in [2.75, 3.05) is 11.5 Å². The van der Waals surface area contributed by atoms with Crippen LogP contribution in [0.25, 0.3) is 21.9 Å². The van der Waals surface area contributed by atoms with Gasteiger partial charge in [-0.3, -0.25) is 0 Å². The number of aromatic nitrogens is 3. The van der Waals surface area contributed by atoms with Gasteiger partial charge < -0.3 is 16.0 Å². The Labute approximate surface area is 139 Å². The molecule has 4 rings (SSSR count). The van der Waals surface area contributed by atoms with Crippen molar-refractivity contribution in [3.8, 4) is 0 Å². The van der Waals surface area contributed by atoms with E-state index in [1.165, 1.54) is 0 Å². The molecule has 2 aromatic heterocycles. The lowest BCUT2D eigenvalue weighted by Crippen LogP contribution is -2.05. The molecule has 24 heavy (non-hydrogen) atoms. The molecule has 4 N–H and O–H groups in total. The van der Waals surface area contributed by atoms with Crippen molar-refractivity contribution >= 4 is 33.4 Å². The van der Waals surface area contributed by atoms with Crippen molar-refractivity contribution in [3.05, 3.63) is 59.9 Å². The number of nitrogens with zero attached hydrogens (tertiary/aromatic N) is 3. The number of aryl methyl sites for hydroxylation is 1. The summed E-state index contributed by atoms with van der Waals surface area (Å²) < 4.78 is 2.23. The van der Waals surface area contributed by atoms with E-state index in [1.54, 1.807) is 0 Å². The van der Waals surface area contributed by atoms with Gasteiger partial charge in [0.1, 0.15) is 11.3 Å². The Morgan fingerprint density at radius 3 is 2.62 bits per heavy atom. The minimum absolute atomic E-state index is 0.477. The van der Waals surface area contributed by atoms with E-state index in [0.717, 1.165) is 45.4 Å². The van der Waals surface area contributed by atoms with Crippen LogP contribution in [0.2, 0.25) is 0 Å². The second-order valence-electron chi connectivity index (χ2n) is 5.92. The summed E-state index contributed by atoms with van der Waals surface area (Å²) >= 11 is 0. The fourth-order valence-corrected chi connectivity index (χ4v) is 3.22. The number of rotatable bonds is 3. The van der Waals surface area contributed by atoms with Crippen molar-refractivity contribution in [1.29, 1.82) is 0 Å². The zero-order valence-corrected chi connectivity index (χ0v) is 13.5. The number of nitrogen functional groups attached to an aromatic ring is 2. The first-order valence-corrected chi connectivity index (χ1v) is 8.05. The molecule has 0 spiro atoms. The van der Waals surface area contributed by atoms with Crippen LogP contribution in [0.5, 0.6) is 0 Å². The van der Waals surface area contributed by atoms with Gasteiger partial charge in [0.05, 0.1) is 11.0 Å². The van der Waals surface area contributed by atoms with Gasteiger partial charge in [0.15, 0.2) is 5.82 Å². The number of fused-ring (bicyclic) bond motifs is 3. The lowest BCUT2D eigenvalue weighted by molar-refractivity contribution is 0.755. The maximum absolute atomic E-state index is 6.17. The average molecular weight is 317 g/mol.